The third-order valence-corrected chi connectivity index (χ3v) is 6.80. The van der Waals surface area contributed by atoms with E-state index >= 15 is 0 Å². The zero-order chi connectivity index (χ0) is 29.7. The van der Waals surface area contributed by atoms with E-state index in [1.807, 2.05) is 72.8 Å². The fourth-order valence-corrected chi connectivity index (χ4v) is 4.47. The molecule has 0 aromatic heterocycles. The first-order valence-corrected chi connectivity index (χ1v) is 14.1. The van der Waals surface area contributed by atoms with Gasteiger partial charge in [-0.15, -0.1) is 0 Å². The third-order valence-electron chi connectivity index (χ3n) is 6.51. The summed E-state index contributed by atoms with van der Waals surface area (Å²) in [5.74, 6) is 1.78. The highest BCUT2D eigenvalue weighted by Crippen LogP contribution is 2.37. The average Bonchev–Trinajstić information content (AvgIpc) is 3.02. The molecule has 0 radical (unpaired) electrons. The van der Waals surface area contributed by atoms with Crippen LogP contribution in [0.25, 0.3) is 0 Å². The lowest BCUT2D eigenvalue weighted by Crippen LogP contribution is -2.17. The number of hydrazone groups is 1. The first-order valence-electron chi connectivity index (χ1n) is 13.8. The van der Waals surface area contributed by atoms with Crippen LogP contribution in [0.1, 0.15) is 52.4 Å². The Kier molecular flexibility index (Phi) is 11.2. The molecule has 0 aliphatic heterocycles. The molecule has 4 rings (SSSR count). The number of carbonyl (C=O) groups excluding carboxylic acids is 1. The van der Waals surface area contributed by atoms with Gasteiger partial charge in [0.2, 0.25) is 0 Å². The summed E-state index contributed by atoms with van der Waals surface area (Å²) in [6, 6.07) is 26.6. The van der Waals surface area contributed by atoms with E-state index in [0.29, 0.717) is 45.8 Å². The Morgan fingerprint density at radius 3 is 2.24 bits per heavy atom. The van der Waals surface area contributed by atoms with Gasteiger partial charge in [0.25, 0.3) is 5.91 Å². The van der Waals surface area contributed by atoms with Crippen LogP contribution in [-0.4, -0.2) is 26.3 Å². The van der Waals surface area contributed by atoms with E-state index in [1.54, 1.807) is 19.2 Å². The molecular formula is C34H35ClN2O5. The highest BCUT2D eigenvalue weighted by molar-refractivity contribution is 6.32. The number of amides is 1. The number of nitrogens with one attached hydrogen (secondary N) is 1. The zero-order valence-electron chi connectivity index (χ0n) is 24.1. The number of hydrogen-bond donors (Lipinski definition) is 1. The molecule has 7 nitrogen and oxygen atoms in total. The summed E-state index contributed by atoms with van der Waals surface area (Å²) in [6.07, 6.45) is 4.76. The normalized spacial score (nSPS) is 10.9. The zero-order valence-corrected chi connectivity index (χ0v) is 24.8. The molecule has 0 unspecified atom stereocenters. The summed E-state index contributed by atoms with van der Waals surface area (Å²) in [7, 11) is 3.13. The van der Waals surface area contributed by atoms with E-state index in [2.05, 4.69) is 17.5 Å². The summed E-state index contributed by atoms with van der Waals surface area (Å²) in [5.41, 5.74) is 6.88. The minimum atomic E-state index is -0.293. The van der Waals surface area contributed by atoms with Gasteiger partial charge in [-0.25, -0.2) is 5.43 Å². The van der Waals surface area contributed by atoms with Crippen LogP contribution in [0.2, 0.25) is 5.02 Å². The molecule has 0 saturated heterocycles. The maximum absolute atomic E-state index is 12.5. The van der Waals surface area contributed by atoms with Crippen LogP contribution >= 0.6 is 11.6 Å². The van der Waals surface area contributed by atoms with E-state index in [1.165, 1.54) is 18.9 Å². The number of methoxy groups -OCH3 is 2. The minimum absolute atomic E-state index is 0.228. The Hall–Kier alpha value is -4.49. The number of halogens is 1. The minimum Gasteiger partial charge on any atom is -0.493 e. The van der Waals surface area contributed by atoms with Gasteiger partial charge in [0, 0.05) is 5.56 Å². The van der Waals surface area contributed by atoms with Gasteiger partial charge in [0.15, 0.2) is 23.0 Å². The van der Waals surface area contributed by atoms with Gasteiger partial charge in [-0.1, -0.05) is 73.5 Å². The second kappa shape index (κ2) is 15.5. The number of unbranched alkanes of at least 4 members (excludes halogenated alkanes) is 1. The summed E-state index contributed by atoms with van der Waals surface area (Å²) in [6.45, 7) is 2.82. The second-order valence-corrected chi connectivity index (χ2v) is 9.99. The van der Waals surface area contributed by atoms with Crippen LogP contribution in [0.4, 0.5) is 0 Å². The largest absolute Gasteiger partial charge is 0.493 e. The molecule has 0 aliphatic rings. The van der Waals surface area contributed by atoms with Crippen molar-refractivity contribution in [3.63, 3.8) is 0 Å². The fraction of sp³-hybridized carbons (Fsp3) is 0.235. The molecule has 0 fully saturated rings. The van der Waals surface area contributed by atoms with Crippen molar-refractivity contribution in [3.8, 4) is 23.0 Å². The number of aryl methyl sites for hydroxylation is 1. The SMILES string of the molecule is CCCCc1ccc(C(=O)N/N=C/c2cc(Cl)c(OCc3ccc(OCc4ccccc4)c(OC)c3)c(OC)c2)cc1. The second-order valence-electron chi connectivity index (χ2n) is 9.58. The van der Waals surface area contributed by atoms with Gasteiger partial charge in [-0.05, 0) is 71.5 Å². The van der Waals surface area contributed by atoms with Gasteiger partial charge < -0.3 is 18.9 Å². The quantitative estimate of drug-likeness (QED) is 0.121. The highest BCUT2D eigenvalue weighted by atomic mass is 35.5. The molecule has 1 amide bonds. The summed E-state index contributed by atoms with van der Waals surface area (Å²) in [5, 5.41) is 4.43. The number of carbonyl (C=O) groups is 1. The topological polar surface area (TPSA) is 78.4 Å². The molecule has 218 valence electrons. The predicted octanol–water partition coefficient (Wildman–Crippen LogP) is 7.62. The average molecular weight is 587 g/mol. The number of hydrogen-bond acceptors (Lipinski definition) is 6. The van der Waals surface area contributed by atoms with Crippen LogP contribution in [0, 0.1) is 0 Å². The highest BCUT2D eigenvalue weighted by Gasteiger charge is 2.14. The van der Waals surface area contributed by atoms with Gasteiger partial charge in [0.1, 0.15) is 13.2 Å². The van der Waals surface area contributed by atoms with Crippen LogP contribution in [-0.2, 0) is 19.6 Å². The van der Waals surface area contributed by atoms with E-state index in [9.17, 15) is 4.79 Å². The van der Waals surface area contributed by atoms with Crippen molar-refractivity contribution in [3.05, 3.63) is 118 Å². The fourth-order valence-electron chi connectivity index (χ4n) is 4.20. The number of rotatable bonds is 14. The summed E-state index contributed by atoms with van der Waals surface area (Å²) < 4.78 is 23.0. The first-order chi connectivity index (χ1) is 20.5. The Bertz CT molecular complexity index is 1490. The van der Waals surface area contributed by atoms with Gasteiger partial charge in [-0.2, -0.15) is 5.10 Å². The molecule has 42 heavy (non-hydrogen) atoms. The Morgan fingerprint density at radius 1 is 0.810 bits per heavy atom. The molecular weight excluding hydrogens is 552 g/mol. The van der Waals surface area contributed by atoms with Crippen molar-refractivity contribution in [1.29, 1.82) is 0 Å². The number of nitrogens with zero attached hydrogens (tertiary/aromatic N) is 1. The molecule has 4 aromatic rings. The van der Waals surface area contributed by atoms with E-state index in [-0.39, 0.29) is 12.5 Å². The van der Waals surface area contributed by atoms with E-state index in [4.69, 9.17) is 30.5 Å². The molecule has 0 spiro atoms. The molecule has 0 aliphatic carbocycles. The van der Waals surface area contributed by atoms with Crippen LogP contribution in [0.5, 0.6) is 23.0 Å². The predicted molar refractivity (Wildman–Crippen MR) is 166 cm³/mol. The van der Waals surface area contributed by atoms with Crippen molar-refractivity contribution in [1.82, 2.24) is 5.43 Å². The molecule has 0 heterocycles. The third kappa shape index (κ3) is 8.51. The standard InChI is InChI=1S/C34H35ClN2O5/c1-4-5-9-24-12-15-28(16-13-24)34(38)37-36-21-27-18-29(35)33(32(20-27)40-3)42-23-26-14-17-30(31(19-26)39-2)41-22-25-10-7-6-8-11-25/h6-8,10-21H,4-5,9,22-23H2,1-3H3,(H,37,38)/b36-21+. The van der Waals surface area contributed by atoms with Crippen LogP contribution < -0.4 is 24.4 Å². The van der Waals surface area contributed by atoms with Crippen LogP contribution in [0.15, 0.2) is 90.0 Å². The molecule has 4 aromatic carbocycles. The number of benzene rings is 4. The molecule has 8 heteroatoms. The van der Waals surface area contributed by atoms with Crippen LogP contribution in [0.3, 0.4) is 0 Å². The van der Waals surface area contributed by atoms with Crippen molar-refractivity contribution >= 4 is 23.7 Å². The maximum Gasteiger partial charge on any atom is 0.271 e. The Morgan fingerprint density at radius 2 is 1.52 bits per heavy atom. The van der Waals surface area contributed by atoms with Crippen molar-refractivity contribution in [2.24, 2.45) is 5.10 Å². The lowest BCUT2D eigenvalue weighted by Gasteiger charge is -2.15. The summed E-state index contributed by atoms with van der Waals surface area (Å²) >= 11 is 6.55. The first kappa shape index (κ1) is 30.5. The monoisotopic (exact) mass is 586 g/mol. The van der Waals surface area contributed by atoms with Crippen molar-refractivity contribution in [2.45, 2.75) is 39.4 Å². The van der Waals surface area contributed by atoms with Gasteiger partial charge in [-0.3, -0.25) is 4.79 Å². The lowest BCUT2D eigenvalue weighted by molar-refractivity contribution is 0.0955. The van der Waals surface area contributed by atoms with E-state index < -0.39 is 0 Å². The van der Waals surface area contributed by atoms with Crippen molar-refractivity contribution in [2.75, 3.05) is 14.2 Å². The number of ether oxygens (including phenoxy) is 4. The van der Waals surface area contributed by atoms with Gasteiger partial charge in [0.05, 0.1) is 25.5 Å². The van der Waals surface area contributed by atoms with Crippen molar-refractivity contribution < 1.29 is 23.7 Å². The Balaban J connectivity index is 1.36. The molecule has 0 atom stereocenters. The molecule has 0 saturated carbocycles. The molecule has 1 N–H and O–H groups in total. The smallest absolute Gasteiger partial charge is 0.271 e. The van der Waals surface area contributed by atoms with E-state index in [0.717, 1.165) is 30.4 Å². The maximum atomic E-state index is 12.5. The van der Waals surface area contributed by atoms with Gasteiger partial charge >= 0.3 is 0 Å². The summed E-state index contributed by atoms with van der Waals surface area (Å²) in [4.78, 5) is 12.5. The molecule has 0 bridgehead atoms. The Labute approximate surface area is 252 Å². The lowest BCUT2D eigenvalue weighted by atomic mass is 10.1.